The van der Waals surface area contributed by atoms with E-state index in [0.717, 1.165) is 23.7 Å². The smallest absolute Gasteiger partial charge is 0.193 e. The quantitative estimate of drug-likeness (QED) is 0.883. The Labute approximate surface area is 99.5 Å². The summed E-state index contributed by atoms with van der Waals surface area (Å²) in [5.41, 5.74) is 1.70. The molecule has 0 bridgehead atoms. The molecule has 0 unspecified atom stereocenters. The van der Waals surface area contributed by atoms with Gasteiger partial charge in [-0.15, -0.1) is 11.3 Å². The number of rotatable bonds is 4. The van der Waals surface area contributed by atoms with Crippen LogP contribution >= 0.6 is 11.3 Å². The van der Waals surface area contributed by atoms with Crippen LogP contribution in [0.3, 0.4) is 0 Å². The van der Waals surface area contributed by atoms with E-state index in [-0.39, 0.29) is 0 Å². The molecule has 86 valence electrons. The van der Waals surface area contributed by atoms with E-state index in [1.165, 1.54) is 19.3 Å². The van der Waals surface area contributed by atoms with Gasteiger partial charge in [-0.3, -0.25) is 4.40 Å². The molecule has 0 aliphatic heterocycles. The summed E-state index contributed by atoms with van der Waals surface area (Å²) in [6.07, 6.45) is 8.32. The third-order valence-electron chi connectivity index (χ3n) is 3.56. The minimum absolute atomic E-state index is 0.553. The SMILES string of the molecule is CC1(CNCc2cn3ccsc3n2)CCC1. The van der Waals surface area contributed by atoms with Gasteiger partial charge >= 0.3 is 0 Å². The van der Waals surface area contributed by atoms with Gasteiger partial charge in [0.25, 0.3) is 0 Å². The topological polar surface area (TPSA) is 29.3 Å². The molecule has 2 aromatic rings. The molecule has 4 heteroatoms. The highest BCUT2D eigenvalue weighted by Crippen LogP contribution is 2.39. The number of fused-ring (bicyclic) bond motifs is 1. The molecule has 0 aromatic carbocycles. The lowest BCUT2D eigenvalue weighted by molar-refractivity contribution is 0.156. The Bertz CT molecular complexity index is 453. The fraction of sp³-hybridized carbons (Fsp3) is 0.583. The second kappa shape index (κ2) is 3.86. The zero-order chi connectivity index (χ0) is 11.0. The van der Waals surface area contributed by atoms with Crippen LogP contribution in [0.5, 0.6) is 0 Å². The predicted octanol–water partition coefficient (Wildman–Crippen LogP) is 2.68. The first kappa shape index (κ1) is 10.3. The summed E-state index contributed by atoms with van der Waals surface area (Å²) in [5.74, 6) is 0. The van der Waals surface area contributed by atoms with Crippen molar-refractivity contribution in [3.63, 3.8) is 0 Å². The molecule has 1 N–H and O–H groups in total. The second-order valence-corrected chi connectivity index (χ2v) is 5.97. The number of aromatic nitrogens is 2. The van der Waals surface area contributed by atoms with Gasteiger partial charge in [-0.05, 0) is 18.3 Å². The molecule has 0 saturated heterocycles. The zero-order valence-electron chi connectivity index (χ0n) is 9.57. The normalized spacial score (nSPS) is 18.8. The molecule has 16 heavy (non-hydrogen) atoms. The van der Waals surface area contributed by atoms with E-state index >= 15 is 0 Å². The van der Waals surface area contributed by atoms with Crippen molar-refractivity contribution in [3.8, 4) is 0 Å². The largest absolute Gasteiger partial charge is 0.311 e. The Hall–Kier alpha value is -0.870. The van der Waals surface area contributed by atoms with Gasteiger partial charge in [0.15, 0.2) is 4.96 Å². The molecule has 0 amide bonds. The summed E-state index contributed by atoms with van der Waals surface area (Å²) < 4.78 is 2.09. The number of imidazole rings is 1. The highest BCUT2D eigenvalue weighted by Gasteiger charge is 2.30. The fourth-order valence-corrected chi connectivity index (χ4v) is 3.03. The van der Waals surface area contributed by atoms with Crippen LogP contribution in [-0.2, 0) is 6.54 Å². The number of nitrogens with one attached hydrogen (secondary N) is 1. The summed E-state index contributed by atoms with van der Waals surface area (Å²) >= 11 is 1.69. The summed E-state index contributed by atoms with van der Waals surface area (Å²) in [6, 6.07) is 0. The summed E-state index contributed by atoms with van der Waals surface area (Å²) in [7, 11) is 0. The molecule has 0 spiro atoms. The van der Waals surface area contributed by atoms with Crippen molar-refractivity contribution in [2.45, 2.75) is 32.7 Å². The van der Waals surface area contributed by atoms with Crippen molar-refractivity contribution in [2.24, 2.45) is 5.41 Å². The zero-order valence-corrected chi connectivity index (χ0v) is 10.4. The predicted molar refractivity (Wildman–Crippen MR) is 66.7 cm³/mol. The van der Waals surface area contributed by atoms with Crippen LogP contribution in [0.4, 0.5) is 0 Å². The van der Waals surface area contributed by atoms with Crippen molar-refractivity contribution in [1.82, 2.24) is 14.7 Å². The van der Waals surface area contributed by atoms with Crippen LogP contribution < -0.4 is 5.32 Å². The third-order valence-corrected chi connectivity index (χ3v) is 4.33. The van der Waals surface area contributed by atoms with Crippen molar-refractivity contribution >= 4 is 16.3 Å². The van der Waals surface area contributed by atoms with E-state index in [1.54, 1.807) is 11.3 Å². The Balaban J connectivity index is 1.56. The van der Waals surface area contributed by atoms with Crippen LogP contribution in [-0.4, -0.2) is 15.9 Å². The number of hydrogen-bond acceptors (Lipinski definition) is 3. The first-order valence-electron chi connectivity index (χ1n) is 5.87. The molecule has 3 rings (SSSR count). The monoisotopic (exact) mass is 235 g/mol. The molecule has 0 atom stereocenters. The maximum atomic E-state index is 4.56. The van der Waals surface area contributed by atoms with Crippen molar-refractivity contribution < 1.29 is 0 Å². The Morgan fingerprint density at radius 1 is 1.56 bits per heavy atom. The Kier molecular flexibility index (Phi) is 2.48. The molecular formula is C12H17N3S. The highest BCUT2D eigenvalue weighted by atomic mass is 32.1. The Morgan fingerprint density at radius 3 is 3.12 bits per heavy atom. The van der Waals surface area contributed by atoms with E-state index in [4.69, 9.17) is 0 Å². The van der Waals surface area contributed by atoms with Gasteiger partial charge in [0.2, 0.25) is 0 Å². The summed E-state index contributed by atoms with van der Waals surface area (Å²) in [6.45, 7) is 4.39. The maximum absolute atomic E-state index is 4.56. The number of thiazole rings is 1. The molecule has 0 radical (unpaired) electrons. The van der Waals surface area contributed by atoms with Gasteiger partial charge in [-0.1, -0.05) is 13.3 Å². The van der Waals surface area contributed by atoms with E-state index in [1.807, 2.05) is 0 Å². The second-order valence-electron chi connectivity index (χ2n) is 5.09. The standard InChI is InChI=1S/C12H17N3S/c1-12(3-2-4-12)9-13-7-10-8-15-5-6-16-11(15)14-10/h5-6,8,13H,2-4,7,9H2,1H3. The lowest BCUT2D eigenvalue weighted by Gasteiger charge is -2.38. The molecule has 2 aromatic heterocycles. The van der Waals surface area contributed by atoms with Gasteiger partial charge in [-0.25, -0.2) is 4.98 Å². The molecule has 1 saturated carbocycles. The molecular weight excluding hydrogens is 218 g/mol. The van der Waals surface area contributed by atoms with Gasteiger partial charge in [0, 0.05) is 30.9 Å². The molecule has 1 aliphatic rings. The van der Waals surface area contributed by atoms with Gasteiger partial charge < -0.3 is 5.32 Å². The van der Waals surface area contributed by atoms with Crippen molar-refractivity contribution in [1.29, 1.82) is 0 Å². The molecule has 1 fully saturated rings. The van der Waals surface area contributed by atoms with Crippen LogP contribution in [0.1, 0.15) is 31.9 Å². The maximum Gasteiger partial charge on any atom is 0.193 e. The number of hydrogen-bond donors (Lipinski definition) is 1. The van der Waals surface area contributed by atoms with E-state index in [2.05, 4.69) is 39.4 Å². The van der Waals surface area contributed by atoms with Crippen molar-refractivity contribution in [2.75, 3.05) is 6.54 Å². The van der Waals surface area contributed by atoms with Crippen molar-refractivity contribution in [3.05, 3.63) is 23.5 Å². The molecule has 1 aliphatic carbocycles. The minimum Gasteiger partial charge on any atom is -0.311 e. The lowest BCUT2D eigenvalue weighted by atomic mass is 9.70. The van der Waals surface area contributed by atoms with E-state index in [0.29, 0.717) is 5.41 Å². The first-order valence-corrected chi connectivity index (χ1v) is 6.75. The number of nitrogens with zero attached hydrogens (tertiary/aromatic N) is 2. The lowest BCUT2D eigenvalue weighted by Crippen LogP contribution is -2.37. The van der Waals surface area contributed by atoms with Crippen LogP contribution in [0.25, 0.3) is 4.96 Å². The third kappa shape index (κ3) is 1.87. The molecule has 2 heterocycles. The summed E-state index contributed by atoms with van der Waals surface area (Å²) in [5, 5.41) is 5.59. The first-order chi connectivity index (χ1) is 7.75. The minimum atomic E-state index is 0.553. The average molecular weight is 235 g/mol. The van der Waals surface area contributed by atoms with Gasteiger partial charge in [0.05, 0.1) is 5.69 Å². The summed E-state index contributed by atoms with van der Waals surface area (Å²) in [4.78, 5) is 5.64. The van der Waals surface area contributed by atoms with Gasteiger partial charge in [-0.2, -0.15) is 0 Å². The van der Waals surface area contributed by atoms with Crippen LogP contribution in [0.2, 0.25) is 0 Å². The van der Waals surface area contributed by atoms with E-state index < -0.39 is 0 Å². The van der Waals surface area contributed by atoms with Gasteiger partial charge in [0.1, 0.15) is 0 Å². The van der Waals surface area contributed by atoms with Crippen LogP contribution in [0.15, 0.2) is 17.8 Å². The van der Waals surface area contributed by atoms with Crippen LogP contribution in [0, 0.1) is 5.41 Å². The highest BCUT2D eigenvalue weighted by molar-refractivity contribution is 7.15. The average Bonchev–Trinajstić information content (AvgIpc) is 2.75. The Morgan fingerprint density at radius 2 is 2.44 bits per heavy atom. The molecule has 3 nitrogen and oxygen atoms in total. The van der Waals surface area contributed by atoms with E-state index in [9.17, 15) is 0 Å². The fourth-order valence-electron chi connectivity index (χ4n) is 2.31.